The monoisotopic (exact) mass is 374 g/mol. The highest BCUT2D eigenvalue weighted by Gasteiger charge is 2.46. The SMILES string of the molecule is CCCCCCCC=CC1CCC(C)(C)C(OC)C1OS(=O)(=O)CC. The van der Waals surface area contributed by atoms with E-state index in [1.165, 1.54) is 32.1 Å². The zero-order valence-electron chi connectivity index (χ0n) is 16.8. The van der Waals surface area contributed by atoms with Crippen molar-refractivity contribution in [3.05, 3.63) is 12.2 Å². The van der Waals surface area contributed by atoms with E-state index in [2.05, 4.69) is 32.9 Å². The average molecular weight is 375 g/mol. The maximum Gasteiger partial charge on any atom is 0.267 e. The number of methoxy groups -OCH3 is 1. The fourth-order valence-corrected chi connectivity index (χ4v) is 4.39. The molecule has 0 amide bonds. The third-order valence-corrected chi connectivity index (χ3v) is 6.56. The molecule has 1 saturated carbocycles. The molecule has 0 spiro atoms. The molecule has 1 fully saturated rings. The van der Waals surface area contributed by atoms with E-state index in [1.54, 1.807) is 14.0 Å². The lowest BCUT2D eigenvalue weighted by molar-refractivity contribution is -0.106. The van der Waals surface area contributed by atoms with Crippen LogP contribution in [0.1, 0.15) is 79.1 Å². The Balaban J connectivity index is 2.74. The van der Waals surface area contributed by atoms with E-state index in [9.17, 15) is 8.42 Å². The second kappa shape index (κ2) is 10.7. The Bertz CT molecular complexity index is 496. The molecule has 1 rings (SSSR count). The van der Waals surface area contributed by atoms with Crippen LogP contribution in [0.2, 0.25) is 0 Å². The van der Waals surface area contributed by atoms with Gasteiger partial charge in [0.2, 0.25) is 0 Å². The third-order valence-electron chi connectivity index (χ3n) is 5.34. The van der Waals surface area contributed by atoms with Crippen molar-refractivity contribution in [1.82, 2.24) is 0 Å². The molecule has 0 bridgehead atoms. The van der Waals surface area contributed by atoms with Gasteiger partial charge in [-0.1, -0.05) is 58.6 Å². The normalized spacial score (nSPS) is 27.0. The first-order valence-corrected chi connectivity index (χ1v) is 11.5. The zero-order chi connectivity index (χ0) is 18.9. The molecule has 3 unspecified atom stereocenters. The number of ether oxygens (including phenoxy) is 1. The highest BCUT2D eigenvalue weighted by molar-refractivity contribution is 7.86. The van der Waals surface area contributed by atoms with E-state index in [1.807, 2.05) is 0 Å². The number of allylic oxidation sites excluding steroid dienone is 1. The summed E-state index contributed by atoms with van der Waals surface area (Å²) >= 11 is 0. The second-order valence-electron chi connectivity index (χ2n) is 7.89. The minimum absolute atomic E-state index is 0.00573. The number of unbranched alkanes of at least 4 members (excludes halogenated alkanes) is 5. The molecule has 0 aliphatic heterocycles. The maximum absolute atomic E-state index is 12.1. The van der Waals surface area contributed by atoms with Gasteiger partial charge < -0.3 is 4.74 Å². The predicted molar refractivity (Wildman–Crippen MR) is 104 cm³/mol. The van der Waals surface area contributed by atoms with Crippen LogP contribution < -0.4 is 0 Å². The van der Waals surface area contributed by atoms with Crippen molar-refractivity contribution in [1.29, 1.82) is 0 Å². The number of hydrogen-bond donors (Lipinski definition) is 0. The molecule has 4 nitrogen and oxygen atoms in total. The number of rotatable bonds is 11. The van der Waals surface area contributed by atoms with Crippen LogP contribution in [-0.4, -0.2) is 33.5 Å². The first-order valence-electron chi connectivity index (χ1n) is 9.87. The third kappa shape index (κ3) is 7.40. The fourth-order valence-electron chi connectivity index (χ4n) is 3.67. The Hall–Kier alpha value is -0.390. The van der Waals surface area contributed by atoms with Crippen LogP contribution in [0, 0.1) is 11.3 Å². The van der Waals surface area contributed by atoms with Gasteiger partial charge in [-0.2, -0.15) is 8.42 Å². The molecule has 0 aromatic carbocycles. The van der Waals surface area contributed by atoms with E-state index in [-0.39, 0.29) is 23.2 Å². The first-order chi connectivity index (χ1) is 11.8. The van der Waals surface area contributed by atoms with E-state index in [0.29, 0.717) is 0 Å². The van der Waals surface area contributed by atoms with Gasteiger partial charge >= 0.3 is 0 Å². The summed E-state index contributed by atoms with van der Waals surface area (Å²) in [6.07, 6.45) is 13.0. The summed E-state index contributed by atoms with van der Waals surface area (Å²) in [5.41, 5.74) is -0.0901. The largest absolute Gasteiger partial charge is 0.378 e. The van der Waals surface area contributed by atoms with Gasteiger partial charge in [0, 0.05) is 13.0 Å². The van der Waals surface area contributed by atoms with Gasteiger partial charge in [-0.05, 0) is 38.0 Å². The van der Waals surface area contributed by atoms with Crippen molar-refractivity contribution in [3.63, 3.8) is 0 Å². The van der Waals surface area contributed by atoms with E-state index in [4.69, 9.17) is 8.92 Å². The van der Waals surface area contributed by atoms with Crippen molar-refractivity contribution in [2.45, 2.75) is 91.3 Å². The number of hydrogen-bond acceptors (Lipinski definition) is 4. The molecule has 0 aromatic rings. The summed E-state index contributed by atoms with van der Waals surface area (Å²) in [6.45, 7) is 8.10. The molecular weight excluding hydrogens is 336 g/mol. The molecule has 0 heterocycles. The van der Waals surface area contributed by atoms with E-state index >= 15 is 0 Å². The van der Waals surface area contributed by atoms with Gasteiger partial charge in [0.15, 0.2) is 0 Å². The molecule has 5 heteroatoms. The lowest BCUT2D eigenvalue weighted by atomic mass is 9.69. The quantitative estimate of drug-likeness (QED) is 0.287. The van der Waals surface area contributed by atoms with Gasteiger partial charge in [-0.15, -0.1) is 0 Å². The summed E-state index contributed by atoms with van der Waals surface area (Å²) in [5.74, 6) is 0.0868. The highest BCUT2D eigenvalue weighted by atomic mass is 32.2. The second-order valence-corrected chi connectivity index (χ2v) is 9.77. The predicted octanol–water partition coefficient (Wildman–Crippen LogP) is 5.09. The fraction of sp³-hybridized carbons (Fsp3) is 0.900. The topological polar surface area (TPSA) is 52.6 Å². The molecule has 3 atom stereocenters. The summed E-state index contributed by atoms with van der Waals surface area (Å²) < 4.78 is 35.4. The van der Waals surface area contributed by atoms with Crippen LogP contribution in [0.3, 0.4) is 0 Å². The molecule has 1 aliphatic carbocycles. The molecule has 148 valence electrons. The Morgan fingerprint density at radius 1 is 1.12 bits per heavy atom. The van der Waals surface area contributed by atoms with Crippen molar-refractivity contribution in [3.8, 4) is 0 Å². The van der Waals surface area contributed by atoms with Crippen molar-refractivity contribution >= 4 is 10.1 Å². The summed E-state index contributed by atoms with van der Waals surface area (Å²) in [4.78, 5) is 0. The van der Waals surface area contributed by atoms with Crippen LogP contribution in [0.15, 0.2) is 12.2 Å². The minimum atomic E-state index is -3.50. The Kier molecular flexibility index (Phi) is 9.68. The first kappa shape index (κ1) is 22.7. The van der Waals surface area contributed by atoms with Gasteiger partial charge in [0.05, 0.1) is 11.9 Å². The van der Waals surface area contributed by atoms with Gasteiger partial charge in [0.1, 0.15) is 6.10 Å². The van der Waals surface area contributed by atoms with Crippen molar-refractivity contribution < 1.29 is 17.3 Å². The maximum atomic E-state index is 12.1. The lowest BCUT2D eigenvalue weighted by Gasteiger charge is -2.45. The van der Waals surface area contributed by atoms with Crippen LogP contribution in [0.4, 0.5) is 0 Å². The van der Waals surface area contributed by atoms with Crippen molar-refractivity contribution in [2.75, 3.05) is 12.9 Å². The molecule has 1 aliphatic rings. The van der Waals surface area contributed by atoms with E-state index < -0.39 is 16.2 Å². The molecule has 0 aromatic heterocycles. The Morgan fingerprint density at radius 3 is 2.40 bits per heavy atom. The zero-order valence-corrected chi connectivity index (χ0v) is 17.6. The Morgan fingerprint density at radius 2 is 1.80 bits per heavy atom. The van der Waals surface area contributed by atoms with Gasteiger partial charge in [0.25, 0.3) is 10.1 Å². The van der Waals surface area contributed by atoms with E-state index in [0.717, 1.165) is 19.3 Å². The molecular formula is C20H38O4S. The van der Waals surface area contributed by atoms with Crippen molar-refractivity contribution in [2.24, 2.45) is 11.3 Å². The summed E-state index contributed by atoms with van der Waals surface area (Å²) in [5, 5.41) is 0. The molecule has 25 heavy (non-hydrogen) atoms. The summed E-state index contributed by atoms with van der Waals surface area (Å²) in [7, 11) is -1.85. The lowest BCUT2D eigenvalue weighted by Crippen LogP contribution is -2.50. The Labute approximate surface area is 155 Å². The van der Waals surface area contributed by atoms with Crippen LogP contribution in [-0.2, 0) is 19.0 Å². The van der Waals surface area contributed by atoms with Crippen LogP contribution in [0.5, 0.6) is 0 Å². The van der Waals surface area contributed by atoms with Crippen LogP contribution in [0.25, 0.3) is 0 Å². The standard InChI is InChI=1S/C20H38O4S/c1-6-8-9-10-11-12-13-14-17-15-16-20(3,4)19(23-5)18(17)24-25(21,22)7-2/h13-14,17-19H,6-12,15-16H2,1-5H3. The average Bonchev–Trinajstić information content (AvgIpc) is 2.55. The van der Waals surface area contributed by atoms with Gasteiger partial charge in [-0.3, -0.25) is 4.18 Å². The molecule has 0 radical (unpaired) electrons. The summed E-state index contributed by atoms with van der Waals surface area (Å²) in [6, 6.07) is 0. The van der Waals surface area contributed by atoms with Gasteiger partial charge in [-0.25, -0.2) is 0 Å². The molecule has 0 N–H and O–H groups in total. The molecule has 0 saturated heterocycles. The minimum Gasteiger partial charge on any atom is -0.378 e. The smallest absolute Gasteiger partial charge is 0.267 e. The van der Waals surface area contributed by atoms with Crippen LogP contribution >= 0.6 is 0 Å². The highest BCUT2D eigenvalue weighted by Crippen LogP contribution is 2.42.